The van der Waals surface area contributed by atoms with Crippen LogP contribution in [-0.4, -0.2) is 166 Å². The topological polar surface area (TPSA) is 426 Å². The predicted octanol–water partition coefficient (Wildman–Crippen LogP) is -4.24. The van der Waals surface area contributed by atoms with E-state index in [1.165, 1.54) is 40.6 Å². The van der Waals surface area contributed by atoms with Crippen LogP contribution in [0.15, 0.2) is 54.6 Å². The van der Waals surface area contributed by atoms with Crippen molar-refractivity contribution in [1.82, 2.24) is 42.1 Å². The molecule has 2 heterocycles. The molecule has 0 aromatic heterocycles. The molecule has 27 heteroatoms. The number of nitrogens with two attached hydrogens (primary N) is 5. The quantitative estimate of drug-likeness (QED) is 0.0593. The number of carbonyl (C=O) groups is 11. The van der Waals surface area contributed by atoms with Gasteiger partial charge in [-0.2, -0.15) is 23.5 Å². The van der Waals surface area contributed by atoms with Crippen LogP contribution in [-0.2, 0) is 65.6 Å². The summed E-state index contributed by atoms with van der Waals surface area (Å²) in [6, 6.07) is 3.52. The van der Waals surface area contributed by atoms with Gasteiger partial charge in [0.2, 0.25) is 65.0 Å². The second kappa shape index (κ2) is 31.0. The zero-order valence-electron chi connectivity index (χ0n) is 41.4. The first-order valence-electron chi connectivity index (χ1n) is 24.4. The van der Waals surface area contributed by atoms with Crippen molar-refractivity contribution in [3.05, 3.63) is 65.7 Å². The molecule has 0 unspecified atom stereocenters. The van der Waals surface area contributed by atoms with Gasteiger partial charge in [0.05, 0.1) is 19.0 Å². The molecule has 0 saturated carbocycles. The number of amides is 11. The molecule has 25 nitrogen and oxygen atoms in total. The molecule has 8 atom stereocenters. The van der Waals surface area contributed by atoms with E-state index in [4.69, 9.17) is 28.7 Å². The largest absolute Gasteiger partial charge is 0.508 e. The van der Waals surface area contributed by atoms with E-state index in [2.05, 4.69) is 37.2 Å². The van der Waals surface area contributed by atoms with Crippen molar-refractivity contribution in [2.24, 2.45) is 28.7 Å². The Kier molecular flexibility index (Phi) is 25.1. The van der Waals surface area contributed by atoms with Gasteiger partial charge in [-0.25, -0.2) is 0 Å². The molecular formula is C48H69N13O12S2. The van der Waals surface area contributed by atoms with E-state index in [-0.39, 0.29) is 49.5 Å². The smallest absolute Gasteiger partial charge is 0.246 e. The first-order valence-corrected chi connectivity index (χ1v) is 26.7. The van der Waals surface area contributed by atoms with Crippen LogP contribution >= 0.6 is 23.5 Å². The minimum absolute atomic E-state index is 0.0435. The van der Waals surface area contributed by atoms with Gasteiger partial charge >= 0.3 is 0 Å². The highest BCUT2D eigenvalue weighted by Gasteiger charge is 2.40. The molecule has 0 radical (unpaired) electrons. The molecule has 75 heavy (non-hydrogen) atoms. The number of nitrogens with zero attached hydrogens (tertiary/aromatic N) is 1. The third-order valence-electron chi connectivity index (χ3n) is 12.0. The van der Waals surface area contributed by atoms with Crippen LogP contribution < -0.4 is 65.9 Å². The summed E-state index contributed by atoms with van der Waals surface area (Å²) < 4.78 is 0. The fraction of sp³-hybridized carbons (Fsp3) is 0.521. The molecule has 2 aliphatic heterocycles. The molecule has 2 fully saturated rings. The monoisotopic (exact) mass is 1080 g/mol. The van der Waals surface area contributed by atoms with Crippen molar-refractivity contribution < 1.29 is 57.8 Å². The Hall–Kier alpha value is -6.97. The minimum Gasteiger partial charge on any atom is -0.508 e. The molecule has 2 aromatic carbocycles. The van der Waals surface area contributed by atoms with E-state index in [9.17, 15) is 57.8 Å². The number of phenols is 1. The van der Waals surface area contributed by atoms with Gasteiger partial charge in [0, 0.05) is 48.8 Å². The summed E-state index contributed by atoms with van der Waals surface area (Å²) in [6.45, 7) is -0.0895. The Balaban J connectivity index is 1.69. The zero-order valence-corrected chi connectivity index (χ0v) is 43.1. The van der Waals surface area contributed by atoms with Gasteiger partial charge in [-0.05, 0) is 68.3 Å². The van der Waals surface area contributed by atoms with Crippen molar-refractivity contribution in [3.8, 4) is 5.75 Å². The maximum atomic E-state index is 14.6. The Bertz CT molecular complexity index is 2330. The lowest BCUT2D eigenvalue weighted by molar-refractivity contribution is -0.142. The molecular weight excluding hydrogens is 1010 g/mol. The SMILES string of the molecule is NCCCC[C@H](NC(=O)[C@@H]1CCCN1C(=O)[C@@H]1CSCCSC[C@H](N)C(=O)N[C@@H](Cc2ccc(O)cc2)C(=O)N[C@@H](Cc2ccccc2)C(=O)N[C@@H](CCC(N)=O)C(=O)N[C@@H](CC(N)=O)C(=O)N1)C(=O)NCC(N)=O. The maximum Gasteiger partial charge on any atom is 0.246 e. The average Bonchev–Trinajstić information content (AvgIpc) is 3.87. The normalized spacial score (nSPS) is 23.0. The number of hydrogen-bond acceptors (Lipinski definition) is 16. The number of rotatable bonds is 19. The number of primary amides is 3. The van der Waals surface area contributed by atoms with Gasteiger partial charge < -0.3 is 75.9 Å². The zero-order chi connectivity index (χ0) is 55.0. The second-order valence-electron chi connectivity index (χ2n) is 18.0. The van der Waals surface area contributed by atoms with Crippen LogP contribution in [0.2, 0.25) is 0 Å². The van der Waals surface area contributed by atoms with Gasteiger partial charge in [-0.1, -0.05) is 42.5 Å². The lowest BCUT2D eigenvalue weighted by atomic mass is 10.0. The van der Waals surface area contributed by atoms with Crippen LogP contribution in [0.25, 0.3) is 0 Å². The minimum atomic E-state index is -1.76. The van der Waals surface area contributed by atoms with Gasteiger partial charge in [-0.15, -0.1) is 0 Å². The number of thioether (sulfide) groups is 2. The number of nitrogens with one attached hydrogen (secondary N) is 7. The highest BCUT2D eigenvalue weighted by Crippen LogP contribution is 2.22. The van der Waals surface area contributed by atoms with Crippen LogP contribution in [0.3, 0.4) is 0 Å². The van der Waals surface area contributed by atoms with E-state index in [1.54, 1.807) is 42.5 Å². The van der Waals surface area contributed by atoms with Crippen molar-refractivity contribution >= 4 is 88.5 Å². The van der Waals surface area contributed by atoms with Crippen molar-refractivity contribution in [1.29, 1.82) is 0 Å². The summed E-state index contributed by atoms with van der Waals surface area (Å²) in [5.41, 5.74) is 29.3. The Morgan fingerprint density at radius 3 is 1.88 bits per heavy atom. The molecule has 11 amide bonds. The van der Waals surface area contributed by atoms with Gasteiger partial charge in [0.25, 0.3) is 0 Å². The lowest BCUT2D eigenvalue weighted by Gasteiger charge is -2.31. The molecule has 0 spiro atoms. The molecule has 18 N–H and O–H groups in total. The molecule has 4 rings (SSSR count). The summed E-state index contributed by atoms with van der Waals surface area (Å²) in [5, 5.41) is 27.9. The Labute approximate surface area is 442 Å². The fourth-order valence-corrected chi connectivity index (χ4v) is 10.2. The van der Waals surface area contributed by atoms with Crippen LogP contribution in [0.4, 0.5) is 0 Å². The Morgan fingerprint density at radius 1 is 0.693 bits per heavy atom. The number of unbranched alkanes of at least 4 members (excludes halogenated alkanes) is 1. The number of aromatic hydroxyl groups is 1. The standard InChI is InChI=1S/C48H69N13O12S2/c49-17-5-4-9-31(42(67)54-24-40(53)65)56-47(72)37-10-6-18-61(37)48(73)36-26-75-20-19-74-25-30(50)41(66)57-33(22-28-11-13-29(62)14-12-28)45(70)58-34(21-27-7-2-1-3-8-27)44(69)55-32(15-16-38(51)63)43(68)59-35(23-39(52)64)46(71)60-36/h1-3,7-8,11-14,30-37,62H,4-6,9-10,15-26,49-50H2,(H2,51,63)(H2,52,64)(H2,53,65)(H,54,67)(H,55,69)(H,56,72)(H,57,66)(H,58,70)(H,59,68)(H,60,71)/t30-,31-,32-,33-,34-,35-,36-,37-/m0/s1. The summed E-state index contributed by atoms with van der Waals surface area (Å²) in [7, 11) is 0. The number of benzene rings is 2. The van der Waals surface area contributed by atoms with E-state index < -0.39 is 139 Å². The van der Waals surface area contributed by atoms with Crippen molar-refractivity contribution in [2.75, 3.05) is 42.6 Å². The van der Waals surface area contributed by atoms with E-state index in [1.807, 2.05) is 0 Å². The number of likely N-dealkylation sites (tertiary alicyclic amines) is 1. The molecule has 0 aliphatic carbocycles. The predicted molar refractivity (Wildman–Crippen MR) is 278 cm³/mol. The third kappa shape index (κ3) is 20.7. The number of carbonyl (C=O) groups excluding carboxylic acids is 11. The average molecular weight is 1080 g/mol. The highest BCUT2D eigenvalue weighted by atomic mass is 32.2. The van der Waals surface area contributed by atoms with Crippen LogP contribution in [0.1, 0.15) is 62.5 Å². The first-order chi connectivity index (χ1) is 35.8. The van der Waals surface area contributed by atoms with E-state index in [0.717, 1.165) is 0 Å². The van der Waals surface area contributed by atoms with E-state index >= 15 is 0 Å². The molecule has 2 saturated heterocycles. The van der Waals surface area contributed by atoms with Crippen LogP contribution in [0.5, 0.6) is 5.75 Å². The summed E-state index contributed by atoms with van der Waals surface area (Å²) in [6.07, 6.45) is -0.238. The summed E-state index contributed by atoms with van der Waals surface area (Å²) >= 11 is 2.50. The fourth-order valence-electron chi connectivity index (χ4n) is 8.08. The van der Waals surface area contributed by atoms with Gasteiger partial charge in [0.15, 0.2) is 0 Å². The van der Waals surface area contributed by atoms with Gasteiger partial charge in [-0.3, -0.25) is 52.7 Å². The molecule has 0 bridgehead atoms. The van der Waals surface area contributed by atoms with Gasteiger partial charge in [0.1, 0.15) is 48.0 Å². The highest BCUT2D eigenvalue weighted by molar-refractivity contribution is 8.03. The Morgan fingerprint density at radius 2 is 1.27 bits per heavy atom. The molecule has 2 aromatic rings. The maximum absolute atomic E-state index is 14.6. The van der Waals surface area contributed by atoms with Crippen LogP contribution in [0, 0.1) is 0 Å². The number of phenolic OH excluding ortho intramolecular Hbond substituents is 1. The first kappa shape index (κ1) is 60.6. The van der Waals surface area contributed by atoms with Crippen molar-refractivity contribution in [2.45, 2.75) is 113 Å². The summed E-state index contributed by atoms with van der Waals surface area (Å²) in [4.78, 5) is 149. The van der Waals surface area contributed by atoms with E-state index in [0.29, 0.717) is 48.4 Å². The number of hydrogen-bond donors (Lipinski definition) is 13. The third-order valence-corrected chi connectivity index (χ3v) is 14.4. The molecule has 2 aliphatic rings. The summed E-state index contributed by atoms with van der Waals surface area (Å²) in [5.74, 6) is -8.68. The lowest BCUT2D eigenvalue weighted by Crippen LogP contribution is -2.61. The molecule has 410 valence electrons. The van der Waals surface area contributed by atoms with Crippen molar-refractivity contribution in [3.63, 3.8) is 0 Å². The second-order valence-corrected chi connectivity index (χ2v) is 20.3.